The van der Waals surface area contributed by atoms with E-state index in [0.717, 1.165) is 18.4 Å². The number of methoxy groups -OCH3 is 1. The van der Waals surface area contributed by atoms with Crippen LogP contribution in [-0.2, 0) is 24.4 Å². The Morgan fingerprint density at radius 3 is 3.00 bits per heavy atom. The number of hydrogen-bond donors (Lipinski definition) is 2. The predicted octanol–water partition coefficient (Wildman–Crippen LogP) is -1.36. The maximum absolute atomic E-state index is 12.1. The summed E-state index contributed by atoms with van der Waals surface area (Å²) in [6, 6.07) is -1.04. The zero-order chi connectivity index (χ0) is 14.0. The van der Waals surface area contributed by atoms with Crippen LogP contribution in [0.15, 0.2) is 9.72 Å². The number of carbonyl (C=O) groups excluding carboxylic acids is 2. The second kappa shape index (κ2) is 5.21. The molecular weight excluding hydrogens is 298 g/mol. The number of ether oxygens (including phenoxy) is 1. The van der Waals surface area contributed by atoms with Gasteiger partial charge in [-0.15, -0.1) is 11.3 Å². The number of aromatic nitrogens is 1. The van der Waals surface area contributed by atoms with Crippen LogP contribution in [0.1, 0.15) is 10.5 Å². The van der Waals surface area contributed by atoms with Crippen molar-refractivity contribution in [1.29, 1.82) is 0 Å². The predicted molar refractivity (Wildman–Crippen MR) is 61.7 cm³/mol. The van der Waals surface area contributed by atoms with Gasteiger partial charge >= 0.3 is 5.97 Å². The fourth-order valence-electron chi connectivity index (χ4n) is 1.33. The van der Waals surface area contributed by atoms with Gasteiger partial charge in [0.05, 0.1) is 12.6 Å². The van der Waals surface area contributed by atoms with E-state index < -0.39 is 27.9 Å². The van der Waals surface area contributed by atoms with Gasteiger partial charge in [0, 0.05) is 0 Å². The normalized spacial score (nSPS) is 19.2. The minimum absolute atomic E-state index is 0.134. The van der Waals surface area contributed by atoms with Crippen LogP contribution in [0.2, 0.25) is 0 Å². The quantitative estimate of drug-likeness (QED) is 0.658. The summed E-state index contributed by atoms with van der Waals surface area (Å²) in [5, 5.41) is 0. The monoisotopic (exact) mass is 307 g/mol. The number of carbonyl (C=O) groups is 2. The molecular formula is C8H9N3O6S2. The fraction of sp³-hybridized carbons (Fsp3) is 0.375. The maximum atomic E-state index is 12.1. The Morgan fingerprint density at radius 1 is 1.68 bits per heavy atom. The molecule has 0 spiro atoms. The van der Waals surface area contributed by atoms with E-state index in [1.165, 1.54) is 5.51 Å². The van der Waals surface area contributed by atoms with Crippen molar-refractivity contribution in [3.63, 3.8) is 0 Å². The van der Waals surface area contributed by atoms with Crippen LogP contribution in [0.25, 0.3) is 0 Å². The van der Waals surface area contributed by atoms with Gasteiger partial charge in [0.15, 0.2) is 9.90 Å². The first-order valence-electron chi connectivity index (χ1n) is 4.91. The van der Waals surface area contributed by atoms with Crippen molar-refractivity contribution in [2.75, 3.05) is 13.7 Å². The summed E-state index contributed by atoms with van der Waals surface area (Å²) in [4.78, 5) is 30.8. The van der Waals surface area contributed by atoms with E-state index >= 15 is 0 Å². The van der Waals surface area contributed by atoms with E-state index in [2.05, 4.69) is 19.3 Å². The summed E-state index contributed by atoms with van der Waals surface area (Å²) >= 11 is 0.750. The van der Waals surface area contributed by atoms with E-state index in [9.17, 15) is 18.0 Å². The second-order valence-corrected chi connectivity index (χ2v) is 6.20. The number of hydrogen-bond acceptors (Lipinski definition) is 8. The molecule has 9 nitrogen and oxygen atoms in total. The lowest BCUT2D eigenvalue weighted by Crippen LogP contribution is -2.41. The van der Waals surface area contributed by atoms with E-state index in [1.54, 1.807) is 0 Å². The van der Waals surface area contributed by atoms with E-state index in [4.69, 9.17) is 0 Å². The molecule has 1 fully saturated rings. The van der Waals surface area contributed by atoms with Crippen molar-refractivity contribution < 1.29 is 27.6 Å². The number of hydroxylamine groups is 1. The lowest BCUT2D eigenvalue weighted by molar-refractivity contribution is -0.124. The van der Waals surface area contributed by atoms with Crippen LogP contribution in [-0.4, -0.2) is 45.0 Å². The van der Waals surface area contributed by atoms with Crippen molar-refractivity contribution in [2.24, 2.45) is 0 Å². The third kappa shape index (κ3) is 2.73. The van der Waals surface area contributed by atoms with Gasteiger partial charge in [-0.2, -0.15) is 4.72 Å². The van der Waals surface area contributed by atoms with Crippen LogP contribution in [0.4, 0.5) is 0 Å². The highest BCUT2D eigenvalue weighted by Crippen LogP contribution is 2.21. The molecule has 0 radical (unpaired) electrons. The van der Waals surface area contributed by atoms with Gasteiger partial charge in [-0.05, 0) is 0 Å². The molecule has 19 heavy (non-hydrogen) atoms. The summed E-state index contributed by atoms with van der Waals surface area (Å²) in [5.74, 6) is -1.47. The second-order valence-electron chi connectivity index (χ2n) is 3.43. The first-order valence-corrected chi connectivity index (χ1v) is 7.28. The maximum Gasteiger partial charge on any atom is 0.358 e. The van der Waals surface area contributed by atoms with Crippen molar-refractivity contribution in [3.8, 4) is 0 Å². The summed E-state index contributed by atoms with van der Waals surface area (Å²) in [6.45, 7) is -0.134. The standard InChI is InChI=1S/C8H9N3O6S2/c1-16-7(13)5-8(18-3-9-5)19(14,15)11-4-2-17-10-6(4)12/h3-4,11H,2H2,1H3,(H,10,12)/t4-/m1/s1. The SMILES string of the molecule is COC(=O)c1ncsc1S(=O)(=O)N[C@@H]1CONC1=O. The highest BCUT2D eigenvalue weighted by Gasteiger charge is 2.34. The first kappa shape index (κ1) is 13.9. The number of sulfonamides is 1. The minimum atomic E-state index is -4.05. The van der Waals surface area contributed by atoms with Crippen molar-refractivity contribution in [3.05, 3.63) is 11.2 Å². The molecule has 0 saturated carbocycles. The Balaban J connectivity index is 2.27. The number of rotatable bonds is 4. The van der Waals surface area contributed by atoms with Gasteiger partial charge in [0.25, 0.3) is 15.9 Å². The zero-order valence-electron chi connectivity index (χ0n) is 9.58. The number of nitrogens with zero attached hydrogens (tertiary/aromatic N) is 1. The summed E-state index contributed by atoms with van der Waals surface area (Å²) in [5.41, 5.74) is 2.90. The smallest absolute Gasteiger partial charge is 0.358 e. The number of amides is 1. The average Bonchev–Trinajstić information content (AvgIpc) is 2.98. The van der Waals surface area contributed by atoms with E-state index in [1.807, 2.05) is 5.48 Å². The Hall–Kier alpha value is -1.56. The molecule has 0 bridgehead atoms. The van der Waals surface area contributed by atoms with Gasteiger partial charge < -0.3 is 4.74 Å². The molecule has 1 atom stereocenters. The highest BCUT2D eigenvalue weighted by atomic mass is 32.2. The molecule has 104 valence electrons. The largest absolute Gasteiger partial charge is 0.464 e. The summed E-state index contributed by atoms with van der Waals surface area (Å²) in [7, 11) is -2.94. The topological polar surface area (TPSA) is 124 Å². The van der Waals surface area contributed by atoms with Crippen LogP contribution in [0.3, 0.4) is 0 Å². The van der Waals surface area contributed by atoms with Gasteiger partial charge in [-0.1, -0.05) is 0 Å². The fourth-order valence-corrected chi connectivity index (χ4v) is 3.66. The van der Waals surface area contributed by atoms with E-state index in [-0.39, 0.29) is 16.5 Å². The van der Waals surface area contributed by atoms with Crippen LogP contribution in [0, 0.1) is 0 Å². The molecule has 1 aliphatic rings. The molecule has 2 N–H and O–H groups in total. The lowest BCUT2D eigenvalue weighted by Gasteiger charge is -2.08. The Morgan fingerprint density at radius 2 is 2.42 bits per heavy atom. The first-order chi connectivity index (χ1) is 8.95. The van der Waals surface area contributed by atoms with Gasteiger partial charge in [-0.3, -0.25) is 9.63 Å². The Kier molecular flexibility index (Phi) is 3.80. The summed E-state index contributed by atoms with van der Waals surface area (Å²) < 4.78 is 30.4. The molecule has 1 aromatic rings. The molecule has 0 aromatic carbocycles. The van der Waals surface area contributed by atoms with Crippen LogP contribution < -0.4 is 10.2 Å². The van der Waals surface area contributed by atoms with Crippen LogP contribution in [0.5, 0.6) is 0 Å². The lowest BCUT2D eigenvalue weighted by atomic mass is 10.3. The van der Waals surface area contributed by atoms with Crippen molar-refractivity contribution in [2.45, 2.75) is 10.3 Å². The van der Waals surface area contributed by atoms with Crippen LogP contribution >= 0.6 is 11.3 Å². The zero-order valence-corrected chi connectivity index (χ0v) is 11.2. The molecule has 0 aliphatic carbocycles. The molecule has 1 saturated heterocycles. The van der Waals surface area contributed by atoms with Gasteiger partial charge in [0.2, 0.25) is 0 Å². The van der Waals surface area contributed by atoms with Gasteiger partial charge in [0.1, 0.15) is 12.6 Å². The van der Waals surface area contributed by atoms with Crippen molar-refractivity contribution in [1.82, 2.24) is 15.2 Å². The third-order valence-corrected chi connectivity index (χ3v) is 5.04. The molecule has 2 heterocycles. The number of esters is 1. The van der Waals surface area contributed by atoms with Crippen molar-refractivity contribution >= 4 is 33.2 Å². The molecule has 1 aliphatic heterocycles. The number of thiazole rings is 1. The molecule has 1 amide bonds. The Labute approximate surface area is 111 Å². The minimum Gasteiger partial charge on any atom is -0.464 e. The van der Waals surface area contributed by atoms with E-state index in [0.29, 0.717) is 0 Å². The summed E-state index contributed by atoms with van der Waals surface area (Å²) in [6.07, 6.45) is 0. The molecule has 11 heteroatoms. The number of nitrogens with one attached hydrogen (secondary N) is 2. The highest BCUT2D eigenvalue weighted by molar-refractivity contribution is 7.91. The van der Waals surface area contributed by atoms with Gasteiger partial charge in [-0.25, -0.2) is 23.7 Å². The third-order valence-electron chi connectivity index (χ3n) is 2.19. The molecule has 0 unspecified atom stereocenters. The molecule has 1 aromatic heterocycles. The molecule has 2 rings (SSSR count). The Bertz CT molecular complexity index is 610. The average molecular weight is 307 g/mol.